The van der Waals surface area contributed by atoms with E-state index in [1.807, 2.05) is 24.3 Å². The van der Waals surface area contributed by atoms with Crippen molar-refractivity contribution in [3.05, 3.63) is 59.9 Å². The summed E-state index contributed by atoms with van der Waals surface area (Å²) in [5.74, 6) is 0.669. The number of H-pyrrole nitrogens is 1. The molecule has 7 nitrogen and oxygen atoms in total. The van der Waals surface area contributed by atoms with E-state index in [0.717, 1.165) is 29.7 Å². The van der Waals surface area contributed by atoms with E-state index in [2.05, 4.69) is 14.7 Å². The van der Waals surface area contributed by atoms with Crippen LogP contribution in [-0.2, 0) is 10.0 Å². The summed E-state index contributed by atoms with van der Waals surface area (Å²) in [6.07, 6.45) is 1.75. The SMILES string of the molecule is CNS(=O)(=O)c1ccc(C(=O)N2CCC[C@@H]2c2nc3ccccc3[nH]2)cc1. The second-order valence-electron chi connectivity index (χ2n) is 6.53. The van der Waals surface area contributed by atoms with Crippen LogP contribution in [0.15, 0.2) is 53.4 Å². The van der Waals surface area contributed by atoms with Gasteiger partial charge in [-0.2, -0.15) is 0 Å². The van der Waals surface area contributed by atoms with Gasteiger partial charge in [-0.25, -0.2) is 18.1 Å². The van der Waals surface area contributed by atoms with Crippen LogP contribution in [0.1, 0.15) is 35.1 Å². The van der Waals surface area contributed by atoms with Crippen molar-refractivity contribution in [1.29, 1.82) is 0 Å². The van der Waals surface area contributed by atoms with E-state index in [9.17, 15) is 13.2 Å². The van der Waals surface area contributed by atoms with Gasteiger partial charge in [-0.1, -0.05) is 12.1 Å². The number of nitrogens with one attached hydrogen (secondary N) is 2. The molecule has 0 saturated carbocycles. The Hall–Kier alpha value is -2.71. The van der Waals surface area contributed by atoms with Gasteiger partial charge in [0.2, 0.25) is 10.0 Å². The second kappa shape index (κ2) is 6.79. The molecule has 1 aliphatic rings. The quantitative estimate of drug-likeness (QED) is 0.722. The largest absolute Gasteiger partial charge is 0.340 e. The number of carbonyl (C=O) groups excluding carboxylic acids is 1. The number of nitrogens with zero attached hydrogens (tertiary/aromatic N) is 2. The van der Waals surface area contributed by atoms with Crippen molar-refractivity contribution in [2.24, 2.45) is 0 Å². The third kappa shape index (κ3) is 3.22. The van der Waals surface area contributed by atoms with Gasteiger partial charge >= 0.3 is 0 Å². The molecule has 1 saturated heterocycles. The fourth-order valence-corrected chi connectivity index (χ4v) is 4.21. The molecular weight excluding hydrogens is 364 g/mol. The van der Waals surface area contributed by atoms with Gasteiger partial charge in [0, 0.05) is 12.1 Å². The minimum absolute atomic E-state index is 0.106. The molecule has 1 fully saturated rings. The third-order valence-corrected chi connectivity index (χ3v) is 6.35. The molecule has 0 unspecified atom stereocenters. The summed E-state index contributed by atoms with van der Waals surface area (Å²) < 4.78 is 26.0. The zero-order valence-corrected chi connectivity index (χ0v) is 15.7. The smallest absolute Gasteiger partial charge is 0.254 e. The Kier molecular flexibility index (Phi) is 4.45. The lowest BCUT2D eigenvalue weighted by Crippen LogP contribution is -2.31. The van der Waals surface area contributed by atoms with Crippen LogP contribution in [0.2, 0.25) is 0 Å². The first-order chi connectivity index (χ1) is 13.0. The third-order valence-electron chi connectivity index (χ3n) is 4.92. The van der Waals surface area contributed by atoms with E-state index in [1.165, 1.54) is 19.2 Å². The number of para-hydroxylation sites is 2. The lowest BCUT2D eigenvalue weighted by Gasteiger charge is -2.23. The van der Waals surface area contributed by atoms with Crippen LogP contribution in [0.3, 0.4) is 0 Å². The zero-order valence-electron chi connectivity index (χ0n) is 14.8. The van der Waals surface area contributed by atoms with Gasteiger partial charge in [0.05, 0.1) is 22.0 Å². The predicted octanol–water partition coefficient (Wildman–Crippen LogP) is 2.45. The molecule has 0 aliphatic carbocycles. The molecule has 140 valence electrons. The second-order valence-corrected chi connectivity index (χ2v) is 8.41. The molecule has 1 atom stereocenters. The number of aromatic nitrogens is 2. The number of imidazole rings is 1. The fraction of sp³-hybridized carbons (Fsp3) is 0.263. The summed E-state index contributed by atoms with van der Waals surface area (Å²) in [5.41, 5.74) is 2.30. The number of hydrogen-bond donors (Lipinski definition) is 2. The molecule has 1 amide bonds. The van der Waals surface area contributed by atoms with E-state index < -0.39 is 10.0 Å². The maximum absolute atomic E-state index is 13.0. The Labute approximate surface area is 157 Å². The Morgan fingerprint density at radius 2 is 1.93 bits per heavy atom. The van der Waals surface area contributed by atoms with Gasteiger partial charge in [0.25, 0.3) is 5.91 Å². The molecule has 1 aromatic heterocycles. The first kappa shape index (κ1) is 17.7. The highest BCUT2D eigenvalue weighted by molar-refractivity contribution is 7.89. The molecule has 3 aromatic rings. The van der Waals surface area contributed by atoms with Crippen LogP contribution in [0.4, 0.5) is 0 Å². The number of benzene rings is 2. The van der Waals surface area contributed by atoms with Crippen molar-refractivity contribution in [2.75, 3.05) is 13.6 Å². The van der Waals surface area contributed by atoms with Gasteiger partial charge in [-0.15, -0.1) is 0 Å². The minimum Gasteiger partial charge on any atom is -0.340 e. The van der Waals surface area contributed by atoms with E-state index in [1.54, 1.807) is 17.0 Å². The molecular formula is C19H20N4O3S. The first-order valence-corrected chi connectivity index (χ1v) is 10.3. The minimum atomic E-state index is -3.52. The van der Waals surface area contributed by atoms with Crippen LogP contribution in [-0.4, -0.2) is 42.8 Å². The Morgan fingerprint density at radius 1 is 1.19 bits per heavy atom. The zero-order chi connectivity index (χ0) is 19.0. The van der Waals surface area contributed by atoms with E-state index in [-0.39, 0.29) is 16.8 Å². The summed E-state index contributed by atoms with van der Waals surface area (Å²) in [6, 6.07) is 13.7. The molecule has 2 N–H and O–H groups in total. The van der Waals surface area contributed by atoms with Gasteiger partial charge < -0.3 is 9.88 Å². The summed E-state index contributed by atoms with van der Waals surface area (Å²) in [7, 11) is -2.16. The Balaban J connectivity index is 1.60. The number of amides is 1. The average Bonchev–Trinajstić information content (AvgIpc) is 3.34. The van der Waals surface area contributed by atoms with Gasteiger partial charge in [0.15, 0.2) is 0 Å². The maximum Gasteiger partial charge on any atom is 0.254 e. The van der Waals surface area contributed by atoms with Crippen molar-refractivity contribution in [3.8, 4) is 0 Å². The molecule has 2 heterocycles. The van der Waals surface area contributed by atoms with E-state index >= 15 is 0 Å². The van der Waals surface area contributed by atoms with Crippen molar-refractivity contribution in [3.63, 3.8) is 0 Å². The van der Waals surface area contributed by atoms with Crippen LogP contribution < -0.4 is 4.72 Å². The van der Waals surface area contributed by atoms with Gasteiger partial charge in [-0.3, -0.25) is 4.79 Å². The van der Waals surface area contributed by atoms with Crippen LogP contribution in [0.5, 0.6) is 0 Å². The van der Waals surface area contributed by atoms with Crippen LogP contribution in [0, 0.1) is 0 Å². The number of hydrogen-bond acceptors (Lipinski definition) is 4. The normalized spacial score (nSPS) is 17.5. The van der Waals surface area contributed by atoms with Crippen molar-refractivity contribution in [2.45, 2.75) is 23.8 Å². The number of rotatable bonds is 4. The number of aromatic amines is 1. The molecule has 2 aromatic carbocycles. The lowest BCUT2D eigenvalue weighted by atomic mass is 10.1. The van der Waals surface area contributed by atoms with E-state index in [4.69, 9.17) is 0 Å². The monoisotopic (exact) mass is 384 g/mol. The highest BCUT2D eigenvalue weighted by Gasteiger charge is 2.32. The summed E-state index contributed by atoms with van der Waals surface area (Å²) in [4.78, 5) is 22.9. The summed E-state index contributed by atoms with van der Waals surface area (Å²) >= 11 is 0. The first-order valence-electron chi connectivity index (χ1n) is 8.79. The Bertz CT molecular complexity index is 1060. The average molecular weight is 384 g/mol. The Morgan fingerprint density at radius 3 is 2.63 bits per heavy atom. The standard InChI is InChI=1S/C19H20N4O3S/c1-20-27(25,26)14-10-8-13(9-11-14)19(24)23-12-4-7-17(23)18-21-15-5-2-3-6-16(15)22-18/h2-3,5-6,8-11,17,20H,4,7,12H2,1H3,(H,21,22)/t17-/m1/s1. The lowest BCUT2D eigenvalue weighted by molar-refractivity contribution is 0.0730. The topological polar surface area (TPSA) is 95.2 Å². The summed E-state index contributed by atoms with van der Waals surface area (Å²) in [6.45, 7) is 0.650. The number of fused-ring (bicyclic) bond motifs is 1. The highest BCUT2D eigenvalue weighted by Crippen LogP contribution is 2.32. The van der Waals surface area contributed by atoms with E-state index in [0.29, 0.717) is 12.1 Å². The molecule has 0 radical (unpaired) electrons. The predicted molar refractivity (Wildman–Crippen MR) is 102 cm³/mol. The summed E-state index contributed by atoms with van der Waals surface area (Å²) in [5, 5.41) is 0. The number of carbonyl (C=O) groups is 1. The molecule has 4 rings (SSSR count). The fourth-order valence-electron chi connectivity index (χ4n) is 3.48. The molecule has 1 aliphatic heterocycles. The van der Waals surface area contributed by atoms with Crippen LogP contribution >= 0.6 is 0 Å². The van der Waals surface area contributed by atoms with Gasteiger partial charge in [0.1, 0.15) is 5.82 Å². The number of sulfonamides is 1. The van der Waals surface area contributed by atoms with Gasteiger partial charge in [-0.05, 0) is 56.3 Å². The van der Waals surface area contributed by atoms with Crippen LogP contribution in [0.25, 0.3) is 11.0 Å². The van der Waals surface area contributed by atoms with Crippen molar-refractivity contribution < 1.29 is 13.2 Å². The molecule has 0 spiro atoms. The molecule has 8 heteroatoms. The van der Waals surface area contributed by atoms with Crippen molar-refractivity contribution >= 4 is 27.0 Å². The number of likely N-dealkylation sites (tertiary alicyclic amines) is 1. The molecule has 0 bridgehead atoms. The maximum atomic E-state index is 13.0. The molecule has 27 heavy (non-hydrogen) atoms. The van der Waals surface area contributed by atoms with Crippen molar-refractivity contribution in [1.82, 2.24) is 19.6 Å². The highest BCUT2D eigenvalue weighted by atomic mass is 32.2.